The molecule has 3 N–H and O–H groups in total. The summed E-state index contributed by atoms with van der Waals surface area (Å²) in [5.74, 6) is 1.28. The molecule has 0 spiro atoms. The van der Waals surface area contributed by atoms with Gasteiger partial charge >= 0.3 is 6.01 Å². The molecule has 0 amide bonds. The summed E-state index contributed by atoms with van der Waals surface area (Å²) in [4.78, 5) is 0. The zero-order valence-corrected chi connectivity index (χ0v) is 10.2. The maximum atomic E-state index is 5.61. The van der Waals surface area contributed by atoms with Gasteiger partial charge < -0.3 is 20.2 Å². The van der Waals surface area contributed by atoms with Crippen molar-refractivity contribution in [1.82, 2.24) is 10.2 Å². The lowest BCUT2D eigenvalue weighted by molar-refractivity contribution is 0.124. The van der Waals surface area contributed by atoms with Gasteiger partial charge in [-0.15, -0.1) is 5.10 Å². The smallest absolute Gasteiger partial charge is 0.315 e. The van der Waals surface area contributed by atoms with Gasteiger partial charge in [0.25, 0.3) is 0 Å². The minimum Gasteiger partial charge on any atom is -0.406 e. The van der Waals surface area contributed by atoms with Crippen molar-refractivity contribution < 1.29 is 9.15 Å². The van der Waals surface area contributed by atoms with E-state index in [4.69, 9.17) is 14.9 Å². The molecular weight excluding hydrogens is 220 g/mol. The van der Waals surface area contributed by atoms with Crippen LogP contribution in [0.15, 0.2) is 4.42 Å². The second kappa shape index (κ2) is 5.97. The van der Waals surface area contributed by atoms with E-state index in [0.717, 1.165) is 32.1 Å². The highest BCUT2D eigenvalue weighted by molar-refractivity contribution is 5.16. The van der Waals surface area contributed by atoms with Crippen molar-refractivity contribution in [1.29, 1.82) is 0 Å². The van der Waals surface area contributed by atoms with Gasteiger partial charge in [0.15, 0.2) is 0 Å². The third-order valence-electron chi connectivity index (χ3n) is 2.62. The summed E-state index contributed by atoms with van der Waals surface area (Å²) in [6.45, 7) is 4.27. The molecule has 0 saturated heterocycles. The zero-order valence-electron chi connectivity index (χ0n) is 10.2. The second-order valence-electron chi connectivity index (χ2n) is 4.53. The highest BCUT2D eigenvalue weighted by atomic mass is 16.5. The first-order valence-electron chi connectivity index (χ1n) is 6.16. The summed E-state index contributed by atoms with van der Waals surface area (Å²) in [5, 5.41) is 10.7. The van der Waals surface area contributed by atoms with Crippen LogP contribution in [0, 0.1) is 5.92 Å². The standard InChI is InChI=1S/C11H20N4O2/c1-8(12)10-14-15-11(17-10)13-5-2-6-16-7-9-3-4-9/h8-9H,2-7,12H2,1H3,(H,13,15). The van der Waals surface area contributed by atoms with E-state index >= 15 is 0 Å². The Bertz CT molecular complexity index is 336. The highest BCUT2D eigenvalue weighted by Gasteiger charge is 2.20. The van der Waals surface area contributed by atoms with E-state index in [2.05, 4.69) is 15.5 Å². The summed E-state index contributed by atoms with van der Waals surface area (Å²) in [5.41, 5.74) is 5.61. The number of hydrogen-bond acceptors (Lipinski definition) is 6. The van der Waals surface area contributed by atoms with Crippen molar-refractivity contribution in [2.45, 2.75) is 32.2 Å². The molecule has 2 rings (SSSR count). The van der Waals surface area contributed by atoms with Crippen LogP contribution in [0.4, 0.5) is 6.01 Å². The van der Waals surface area contributed by atoms with Crippen molar-refractivity contribution in [3.05, 3.63) is 5.89 Å². The van der Waals surface area contributed by atoms with E-state index in [1.54, 1.807) is 0 Å². The number of nitrogens with zero attached hydrogens (tertiary/aromatic N) is 2. The van der Waals surface area contributed by atoms with Crippen molar-refractivity contribution in [2.24, 2.45) is 11.7 Å². The van der Waals surface area contributed by atoms with Crippen LogP contribution in [-0.2, 0) is 4.74 Å². The second-order valence-corrected chi connectivity index (χ2v) is 4.53. The number of nitrogens with two attached hydrogens (primary N) is 1. The van der Waals surface area contributed by atoms with Crippen LogP contribution >= 0.6 is 0 Å². The molecule has 1 aromatic heterocycles. The van der Waals surface area contributed by atoms with Crippen LogP contribution < -0.4 is 11.1 Å². The van der Waals surface area contributed by atoms with Crippen LogP contribution in [0.3, 0.4) is 0 Å². The molecule has 0 radical (unpaired) electrons. The van der Waals surface area contributed by atoms with E-state index in [0.29, 0.717) is 11.9 Å². The third-order valence-corrected chi connectivity index (χ3v) is 2.62. The van der Waals surface area contributed by atoms with Gasteiger partial charge in [0, 0.05) is 19.8 Å². The molecule has 1 saturated carbocycles. The predicted molar refractivity (Wildman–Crippen MR) is 63.6 cm³/mol. The van der Waals surface area contributed by atoms with E-state index in [-0.39, 0.29) is 6.04 Å². The van der Waals surface area contributed by atoms with Crippen molar-refractivity contribution in [3.63, 3.8) is 0 Å². The Morgan fingerprint density at radius 1 is 1.53 bits per heavy atom. The van der Waals surface area contributed by atoms with Gasteiger partial charge in [0.2, 0.25) is 5.89 Å². The molecule has 6 heteroatoms. The molecule has 0 bridgehead atoms. The summed E-state index contributed by atoms with van der Waals surface area (Å²) >= 11 is 0. The number of hydrogen-bond donors (Lipinski definition) is 2. The first-order valence-corrected chi connectivity index (χ1v) is 6.16. The molecule has 1 unspecified atom stereocenters. The van der Waals surface area contributed by atoms with Gasteiger partial charge in [0.05, 0.1) is 6.04 Å². The molecule has 96 valence electrons. The molecule has 1 fully saturated rings. The molecule has 0 aromatic carbocycles. The van der Waals surface area contributed by atoms with Crippen molar-refractivity contribution in [3.8, 4) is 0 Å². The molecule has 0 aliphatic heterocycles. The van der Waals surface area contributed by atoms with Gasteiger partial charge in [-0.05, 0) is 32.1 Å². The minimum atomic E-state index is -0.222. The number of ether oxygens (including phenoxy) is 1. The molecule has 1 aromatic rings. The molecule has 6 nitrogen and oxygen atoms in total. The summed E-state index contributed by atoms with van der Waals surface area (Å²) in [7, 11) is 0. The van der Waals surface area contributed by atoms with Crippen molar-refractivity contribution in [2.75, 3.05) is 25.1 Å². The van der Waals surface area contributed by atoms with Crippen LogP contribution in [0.2, 0.25) is 0 Å². The lowest BCUT2D eigenvalue weighted by Crippen LogP contribution is -2.07. The fraction of sp³-hybridized carbons (Fsp3) is 0.818. The quantitative estimate of drug-likeness (QED) is 0.666. The Kier molecular flexibility index (Phi) is 4.33. The van der Waals surface area contributed by atoms with Crippen LogP contribution in [0.1, 0.15) is 38.1 Å². The monoisotopic (exact) mass is 240 g/mol. The summed E-state index contributed by atoms with van der Waals surface area (Å²) in [6.07, 6.45) is 3.60. The number of rotatable bonds is 8. The molecule has 1 aliphatic rings. The molecule has 1 atom stereocenters. The van der Waals surface area contributed by atoms with Gasteiger partial charge in [-0.2, -0.15) is 0 Å². The average molecular weight is 240 g/mol. The molecule has 1 heterocycles. The number of nitrogens with one attached hydrogen (secondary N) is 1. The van der Waals surface area contributed by atoms with Crippen LogP contribution in [-0.4, -0.2) is 30.0 Å². The number of aromatic nitrogens is 2. The number of anilines is 1. The summed E-state index contributed by atoms with van der Waals surface area (Å²) < 4.78 is 10.8. The van der Waals surface area contributed by atoms with E-state index in [1.165, 1.54) is 12.8 Å². The maximum Gasteiger partial charge on any atom is 0.315 e. The zero-order chi connectivity index (χ0) is 12.1. The van der Waals surface area contributed by atoms with Crippen molar-refractivity contribution >= 4 is 6.01 Å². The lowest BCUT2D eigenvalue weighted by atomic mass is 10.4. The minimum absolute atomic E-state index is 0.222. The Labute approximate surface area is 101 Å². The molecule has 17 heavy (non-hydrogen) atoms. The van der Waals surface area contributed by atoms with Gasteiger partial charge in [-0.25, -0.2) is 0 Å². The Morgan fingerprint density at radius 3 is 3.00 bits per heavy atom. The third kappa shape index (κ3) is 4.32. The van der Waals surface area contributed by atoms with Gasteiger partial charge in [-0.3, -0.25) is 0 Å². The Balaban J connectivity index is 1.54. The average Bonchev–Trinajstić information content (AvgIpc) is 3.00. The van der Waals surface area contributed by atoms with Gasteiger partial charge in [-0.1, -0.05) is 5.10 Å². The maximum absolute atomic E-state index is 5.61. The Morgan fingerprint density at radius 2 is 2.35 bits per heavy atom. The highest BCUT2D eigenvalue weighted by Crippen LogP contribution is 2.28. The normalized spacial score (nSPS) is 17.1. The largest absolute Gasteiger partial charge is 0.406 e. The fourth-order valence-electron chi connectivity index (χ4n) is 1.39. The lowest BCUT2D eigenvalue weighted by Gasteiger charge is -2.03. The van der Waals surface area contributed by atoms with E-state index < -0.39 is 0 Å². The SMILES string of the molecule is CC(N)c1nnc(NCCCOCC2CC2)o1. The summed E-state index contributed by atoms with van der Waals surface area (Å²) in [6, 6.07) is 0.208. The molecule has 1 aliphatic carbocycles. The molecular formula is C11H20N4O2. The Hall–Kier alpha value is -1.14. The van der Waals surface area contributed by atoms with E-state index in [1.807, 2.05) is 6.92 Å². The topological polar surface area (TPSA) is 86.2 Å². The first kappa shape index (κ1) is 12.3. The van der Waals surface area contributed by atoms with Gasteiger partial charge in [0.1, 0.15) is 0 Å². The first-order chi connectivity index (χ1) is 8.25. The van der Waals surface area contributed by atoms with E-state index in [9.17, 15) is 0 Å². The van der Waals surface area contributed by atoms with Crippen LogP contribution in [0.5, 0.6) is 0 Å². The van der Waals surface area contributed by atoms with Crippen LogP contribution in [0.25, 0.3) is 0 Å². The predicted octanol–water partition coefficient (Wildman–Crippen LogP) is 1.32. The fourth-order valence-corrected chi connectivity index (χ4v) is 1.39.